The number of aryl methyl sites for hydroxylation is 2. The summed E-state index contributed by atoms with van der Waals surface area (Å²) in [5, 5.41) is 0.881. The smallest absolute Gasteiger partial charge is 0.409 e. The highest BCUT2D eigenvalue weighted by atomic mass is 32.1. The average molecular weight is 376 g/mol. The van der Waals surface area contributed by atoms with Gasteiger partial charge >= 0.3 is 6.09 Å². The van der Waals surface area contributed by atoms with Crippen LogP contribution in [0, 0.1) is 20.8 Å². The highest BCUT2D eigenvalue weighted by Crippen LogP contribution is 2.37. The van der Waals surface area contributed by atoms with Crippen molar-refractivity contribution in [3.63, 3.8) is 0 Å². The number of hydrogen-bond donors (Lipinski definition) is 1. The fourth-order valence-electron chi connectivity index (χ4n) is 3.18. The first-order valence-corrected chi connectivity index (χ1v) is 9.53. The number of carbonyl (C=O) groups is 2. The Hall–Kier alpha value is -2.35. The second kappa shape index (κ2) is 7.11. The number of piperazine rings is 1. The zero-order valence-corrected chi connectivity index (χ0v) is 16.4. The number of ether oxygens (including phenoxy) is 1. The van der Waals surface area contributed by atoms with Crippen LogP contribution in [0.1, 0.15) is 33.4 Å². The summed E-state index contributed by atoms with van der Waals surface area (Å²) in [6.07, 6.45) is -0.327. The van der Waals surface area contributed by atoms with Gasteiger partial charge in [-0.1, -0.05) is 0 Å². The number of hydrogen-bond acceptors (Lipinski definition) is 6. The Kier molecular flexibility index (Phi) is 5.04. The number of amides is 2. The summed E-state index contributed by atoms with van der Waals surface area (Å²) in [6, 6.07) is 0. The third kappa shape index (κ3) is 3.09. The van der Waals surface area contributed by atoms with Crippen LogP contribution >= 0.6 is 11.3 Å². The van der Waals surface area contributed by atoms with Crippen molar-refractivity contribution in [1.29, 1.82) is 0 Å². The van der Waals surface area contributed by atoms with E-state index in [2.05, 4.69) is 4.98 Å². The van der Waals surface area contributed by atoms with Crippen molar-refractivity contribution in [2.24, 2.45) is 0 Å². The van der Waals surface area contributed by atoms with Crippen LogP contribution in [0.4, 0.5) is 10.5 Å². The third-order valence-corrected chi connectivity index (χ3v) is 6.05. The first-order valence-electron chi connectivity index (χ1n) is 8.71. The van der Waals surface area contributed by atoms with E-state index in [-0.39, 0.29) is 12.0 Å². The Morgan fingerprint density at radius 1 is 1.12 bits per heavy atom. The first-order chi connectivity index (χ1) is 12.3. The molecule has 26 heavy (non-hydrogen) atoms. The predicted molar refractivity (Wildman–Crippen MR) is 103 cm³/mol. The zero-order valence-electron chi connectivity index (χ0n) is 15.6. The molecule has 0 atom stereocenters. The molecule has 7 nitrogen and oxygen atoms in total. The lowest BCUT2D eigenvalue weighted by Gasteiger charge is -2.33. The van der Waals surface area contributed by atoms with Gasteiger partial charge in [-0.2, -0.15) is 0 Å². The van der Waals surface area contributed by atoms with Gasteiger partial charge in [0, 0.05) is 37.3 Å². The molecule has 0 radical (unpaired) electrons. The molecule has 0 aromatic carbocycles. The molecule has 2 amide bonds. The predicted octanol–water partition coefficient (Wildman–Crippen LogP) is 2.72. The van der Waals surface area contributed by atoms with Crippen molar-refractivity contribution in [3.8, 4) is 0 Å². The molecular formula is C18H24N4O3S. The van der Waals surface area contributed by atoms with E-state index in [0.29, 0.717) is 43.4 Å². The number of carbonyl (C=O) groups excluding carboxylic acids is 2. The van der Waals surface area contributed by atoms with Gasteiger partial charge in [0.2, 0.25) is 0 Å². The molecule has 3 rings (SSSR count). The van der Waals surface area contributed by atoms with E-state index < -0.39 is 0 Å². The fourth-order valence-corrected chi connectivity index (χ4v) is 4.35. The molecule has 8 heteroatoms. The Morgan fingerprint density at radius 2 is 1.73 bits per heavy atom. The van der Waals surface area contributed by atoms with Gasteiger partial charge in [-0.25, -0.2) is 9.78 Å². The van der Waals surface area contributed by atoms with Crippen molar-refractivity contribution < 1.29 is 14.3 Å². The lowest BCUT2D eigenvalue weighted by Crippen LogP contribution is -2.50. The number of anilines is 1. The minimum Gasteiger partial charge on any atom is -0.450 e. The Labute approximate surface area is 156 Å². The summed E-state index contributed by atoms with van der Waals surface area (Å²) in [5.41, 5.74) is 9.96. The standard InChI is InChI=1S/C18H24N4O3S/c1-5-25-18(24)22-8-6-21(7-9-22)17(23)15-14(19)13-11(3)10(2)12(4)20-16(13)26-15/h5-9,19H2,1-4H3. The van der Waals surface area contributed by atoms with Crippen LogP contribution in [0.5, 0.6) is 0 Å². The van der Waals surface area contributed by atoms with Gasteiger partial charge in [0.25, 0.3) is 5.91 Å². The maximum Gasteiger partial charge on any atom is 0.409 e. The first kappa shape index (κ1) is 18.4. The monoisotopic (exact) mass is 376 g/mol. The van der Waals surface area contributed by atoms with Gasteiger partial charge in [-0.3, -0.25) is 4.79 Å². The molecule has 1 saturated heterocycles. The van der Waals surface area contributed by atoms with Crippen LogP contribution in [0.25, 0.3) is 10.2 Å². The summed E-state index contributed by atoms with van der Waals surface area (Å²) in [6.45, 7) is 9.99. The van der Waals surface area contributed by atoms with E-state index in [4.69, 9.17) is 10.5 Å². The van der Waals surface area contributed by atoms with Crippen molar-refractivity contribution in [2.45, 2.75) is 27.7 Å². The summed E-state index contributed by atoms with van der Waals surface area (Å²) < 4.78 is 5.01. The molecule has 2 aromatic rings. The minimum atomic E-state index is -0.327. The quantitative estimate of drug-likeness (QED) is 0.870. The van der Waals surface area contributed by atoms with Gasteiger partial charge in [-0.05, 0) is 38.8 Å². The molecule has 2 aromatic heterocycles. The minimum absolute atomic E-state index is 0.0938. The topological polar surface area (TPSA) is 88.8 Å². The SMILES string of the molecule is CCOC(=O)N1CCN(C(=O)c2sc3nc(C)c(C)c(C)c3c2N)CC1. The molecule has 0 spiro atoms. The van der Waals surface area contributed by atoms with E-state index in [9.17, 15) is 9.59 Å². The van der Waals surface area contributed by atoms with Crippen molar-refractivity contribution in [2.75, 3.05) is 38.5 Å². The summed E-state index contributed by atoms with van der Waals surface area (Å²) in [4.78, 5) is 34.1. The molecule has 2 N–H and O–H groups in total. The van der Waals surface area contributed by atoms with Crippen LogP contribution in [0.2, 0.25) is 0 Å². The molecule has 0 aliphatic carbocycles. The van der Waals surface area contributed by atoms with Crippen LogP contribution < -0.4 is 5.73 Å². The van der Waals surface area contributed by atoms with E-state index in [1.165, 1.54) is 11.3 Å². The fraction of sp³-hybridized carbons (Fsp3) is 0.500. The maximum atomic E-state index is 13.0. The maximum absolute atomic E-state index is 13.0. The van der Waals surface area contributed by atoms with Crippen LogP contribution in [-0.4, -0.2) is 59.6 Å². The largest absolute Gasteiger partial charge is 0.450 e. The van der Waals surface area contributed by atoms with Crippen molar-refractivity contribution in [3.05, 3.63) is 21.7 Å². The van der Waals surface area contributed by atoms with E-state index >= 15 is 0 Å². The lowest BCUT2D eigenvalue weighted by atomic mass is 10.1. The highest BCUT2D eigenvalue weighted by molar-refractivity contribution is 7.21. The Bertz CT molecular complexity index is 869. The number of rotatable bonds is 2. The van der Waals surface area contributed by atoms with Gasteiger partial charge in [0.1, 0.15) is 9.71 Å². The number of pyridine rings is 1. The number of nitrogens with zero attached hydrogens (tertiary/aromatic N) is 3. The number of nitrogens with two attached hydrogens (primary N) is 1. The molecule has 1 fully saturated rings. The lowest BCUT2D eigenvalue weighted by molar-refractivity contribution is 0.0575. The molecule has 0 unspecified atom stereocenters. The zero-order chi connectivity index (χ0) is 19.0. The summed E-state index contributed by atoms with van der Waals surface area (Å²) in [7, 11) is 0. The molecule has 1 aliphatic rings. The molecule has 0 saturated carbocycles. The highest BCUT2D eigenvalue weighted by Gasteiger charge is 2.28. The van der Waals surface area contributed by atoms with Crippen molar-refractivity contribution in [1.82, 2.24) is 14.8 Å². The number of fused-ring (bicyclic) bond motifs is 1. The Morgan fingerprint density at radius 3 is 2.35 bits per heavy atom. The molecule has 140 valence electrons. The molecular weight excluding hydrogens is 352 g/mol. The van der Waals surface area contributed by atoms with Gasteiger partial charge < -0.3 is 20.3 Å². The van der Waals surface area contributed by atoms with Crippen LogP contribution in [0.15, 0.2) is 0 Å². The van der Waals surface area contributed by atoms with Gasteiger partial charge in [-0.15, -0.1) is 11.3 Å². The van der Waals surface area contributed by atoms with Gasteiger partial charge in [0.15, 0.2) is 0 Å². The molecule has 3 heterocycles. The number of nitrogen functional groups attached to an aromatic ring is 1. The van der Waals surface area contributed by atoms with Crippen LogP contribution in [-0.2, 0) is 4.74 Å². The normalized spacial score (nSPS) is 14.8. The van der Waals surface area contributed by atoms with Gasteiger partial charge in [0.05, 0.1) is 12.3 Å². The van der Waals surface area contributed by atoms with E-state index in [0.717, 1.165) is 27.0 Å². The van der Waals surface area contributed by atoms with Crippen molar-refractivity contribution >= 4 is 39.2 Å². The summed E-state index contributed by atoms with van der Waals surface area (Å²) >= 11 is 1.35. The number of aromatic nitrogens is 1. The summed E-state index contributed by atoms with van der Waals surface area (Å²) in [5.74, 6) is -0.0938. The third-order valence-electron chi connectivity index (χ3n) is 4.96. The number of thiophene rings is 1. The average Bonchev–Trinajstić information content (AvgIpc) is 2.95. The van der Waals surface area contributed by atoms with E-state index in [1.54, 1.807) is 16.7 Å². The Balaban J connectivity index is 1.82. The van der Waals surface area contributed by atoms with Crippen LogP contribution in [0.3, 0.4) is 0 Å². The molecule has 0 bridgehead atoms. The second-order valence-electron chi connectivity index (χ2n) is 6.45. The van der Waals surface area contributed by atoms with E-state index in [1.807, 2.05) is 20.8 Å². The molecule has 1 aliphatic heterocycles. The second-order valence-corrected chi connectivity index (χ2v) is 7.45.